The lowest BCUT2D eigenvalue weighted by Crippen LogP contribution is -2.32. The molecule has 28 heavy (non-hydrogen) atoms. The quantitative estimate of drug-likeness (QED) is 0.632. The fourth-order valence-electron chi connectivity index (χ4n) is 2.52. The number of fused-ring (bicyclic) bond motifs is 1. The number of aromatic carboxylic acids is 1. The predicted octanol–water partition coefficient (Wildman–Crippen LogP) is 2.90. The van der Waals surface area contributed by atoms with Crippen molar-refractivity contribution in [1.29, 1.82) is 0 Å². The van der Waals surface area contributed by atoms with E-state index in [4.69, 9.17) is 9.84 Å². The second kappa shape index (κ2) is 8.26. The Bertz CT molecular complexity index is 1050. The fourth-order valence-corrected chi connectivity index (χ4v) is 2.52. The Morgan fingerprint density at radius 1 is 1.11 bits per heavy atom. The fraction of sp³-hybridized carbons (Fsp3) is 0.150. The van der Waals surface area contributed by atoms with E-state index in [-0.39, 0.29) is 17.7 Å². The lowest BCUT2D eigenvalue weighted by Gasteiger charge is -2.16. The van der Waals surface area contributed by atoms with Crippen LogP contribution in [0.25, 0.3) is 11.0 Å². The molecule has 1 unspecified atom stereocenters. The van der Waals surface area contributed by atoms with Crippen molar-refractivity contribution in [1.82, 2.24) is 9.97 Å². The van der Waals surface area contributed by atoms with Gasteiger partial charge in [0.05, 0.1) is 22.8 Å². The van der Waals surface area contributed by atoms with Crippen molar-refractivity contribution in [2.75, 3.05) is 5.32 Å². The molecule has 1 atom stereocenters. The topological polar surface area (TPSA) is 118 Å². The molecule has 0 aliphatic rings. The van der Waals surface area contributed by atoms with Gasteiger partial charge in [-0.25, -0.2) is 14.6 Å². The van der Waals surface area contributed by atoms with Crippen LogP contribution in [0.2, 0.25) is 0 Å². The smallest absolute Gasteiger partial charge is 0.359 e. The minimum atomic E-state index is -1.11. The summed E-state index contributed by atoms with van der Waals surface area (Å²) in [6.07, 6.45) is 0.470. The van der Waals surface area contributed by atoms with Gasteiger partial charge < -0.3 is 15.2 Å². The van der Waals surface area contributed by atoms with Crippen LogP contribution in [-0.4, -0.2) is 39.0 Å². The second-order valence-electron chi connectivity index (χ2n) is 5.92. The van der Waals surface area contributed by atoms with E-state index >= 15 is 0 Å². The van der Waals surface area contributed by atoms with Crippen LogP contribution in [0.5, 0.6) is 0 Å². The van der Waals surface area contributed by atoms with Crippen molar-refractivity contribution in [2.45, 2.75) is 19.4 Å². The number of carbonyl (C=O) groups excluding carboxylic acids is 2. The van der Waals surface area contributed by atoms with Crippen LogP contribution in [0.15, 0.2) is 54.7 Å². The molecule has 1 amide bonds. The molecule has 2 N–H and O–H groups in total. The first-order valence-corrected chi connectivity index (χ1v) is 8.55. The summed E-state index contributed by atoms with van der Waals surface area (Å²) in [5.74, 6) is -2.43. The number of hydrogen-bond acceptors (Lipinski definition) is 6. The van der Waals surface area contributed by atoms with Crippen LogP contribution in [0.4, 0.5) is 5.69 Å². The van der Waals surface area contributed by atoms with E-state index in [1.165, 1.54) is 24.4 Å². The zero-order valence-corrected chi connectivity index (χ0v) is 15.0. The molecule has 3 rings (SSSR count). The Morgan fingerprint density at radius 2 is 1.86 bits per heavy atom. The van der Waals surface area contributed by atoms with Crippen LogP contribution in [0, 0.1) is 0 Å². The van der Waals surface area contributed by atoms with Crippen LogP contribution in [0.1, 0.15) is 34.2 Å². The number of rotatable bonds is 6. The highest BCUT2D eigenvalue weighted by atomic mass is 16.5. The Morgan fingerprint density at radius 3 is 2.57 bits per heavy atom. The van der Waals surface area contributed by atoms with Crippen molar-refractivity contribution < 1.29 is 24.2 Å². The van der Waals surface area contributed by atoms with Crippen molar-refractivity contribution in [3.8, 4) is 0 Å². The number of carboxylic acid groups (broad SMARTS) is 1. The normalized spacial score (nSPS) is 11.6. The largest absolute Gasteiger partial charge is 0.478 e. The van der Waals surface area contributed by atoms with Crippen molar-refractivity contribution in [3.63, 3.8) is 0 Å². The molecule has 2 aromatic carbocycles. The molecule has 8 nitrogen and oxygen atoms in total. The highest BCUT2D eigenvalue weighted by Crippen LogP contribution is 2.14. The van der Waals surface area contributed by atoms with E-state index in [1.807, 2.05) is 6.07 Å². The molecular formula is C20H17N3O5. The second-order valence-corrected chi connectivity index (χ2v) is 5.92. The number of aromatic nitrogens is 2. The van der Waals surface area contributed by atoms with Gasteiger partial charge in [0.1, 0.15) is 0 Å². The van der Waals surface area contributed by atoms with E-state index in [0.29, 0.717) is 16.7 Å². The Balaban J connectivity index is 1.71. The summed E-state index contributed by atoms with van der Waals surface area (Å²) in [4.78, 5) is 44.2. The number of para-hydroxylation sites is 2. The summed E-state index contributed by atoms with van der Waals surface area (Å²) in [5.41, 5.74) is 1.51. The minimum Gasteiger partial charge on any atom is -0.478 e. The Labute approximate surface area is 160 Å². The molecule has 0 saturated carbocycles. The third kappa shape index (κ3) is 4.29. The summed E-state index contributed by atoms with van der Waals surface area (Å²) >= 11 is 0. The molecule has 0 radical (unpaired) electrons. The monoisotopic (exact) mass is 379 g/mol. The molecule has 142 valence electrons. The summed E-state index contributed by atoms with van der Waals surface area (Å²) in [6.45, 7) is 1.69. The van der Waals surface area contributed by atoms with Crippen molar-refractivity contribution >= 4 is 34.6 Å². The summed E-state index contributed by atoms with van der Waals surface area (Å²) in [6, 6.07) is 12.9. The summed E-state index contributed by atoms with van der Waals surface area (Å²) in [5, 5.41) is 11.6. The van der Waals surface area contributed by atoms with Gasteiger partial charge in [-0.3, -0.25) is 9.78 Å². The Kier molecular flexibility index (Phi) is 5.59. The molecule has 3 aromatic rings. The van der Waals surface area contributed by atoms with E-state index in [9.17, 15) is 14.4 Å². The van der Waals surface area contributed by atoms with Crippen molar-refractivity contribution in [2.24, 2.45) is 0 Å². The maximum atomic E-state index is 12.4. The number of amides is 1. The number of anilines is 1. The molecular weight excluding hydrogens is 362 g/mol. The molecule has 0 aliphatic carbocycles. The average Bonchev–Trinajstić information content (AvgIpc) is 2.71. The zero-order chi connectivity index (χ0) is 20.1. The maximum absolute atomic E-state index is 12.4. The number of carbonyl (C=O) groups is 3. The lowest BCUT2D eigenvalue weighted by atomic mass is 10.2. The van der Waals surface area contributed by atoms with Gasteiger partial charge in [0.2, 0.25) is 0 Å². The highest BCUT2D eigenvalue weighted by molar-refractivity contribution is 5.98. The van der Waals surface area contributed by atoms with Gasteiger partial charge in [0, 0.05) is 5.69 Å². The number of ether oxygens (including phenoxy) is 1. The number of benzene rings is 2. The number of carboxylic acids is 1. The van der Waals surface area contributed by atoms with Crippen LogP contribution in [-0.2, 0) is 9.53 Å². The van der Waals surface area contributed by atoms with E-state index in [0.717, 1.165) is 0 Å². The number of nitrogens with zero attached hydrogens (tertiary/aromatic N) is 2. The van der Waals surface area contributed by atoms with Gasteiger partial charge in [-0.05, 0) is 36.8 Å². The summed E-state index contributed by atoms with van der Waals surface area (Å²) in [7, 11) is 0. The van der Waals surface area contributed by atoms with Crippen LogP contribution in [0.3, 0.4) is 0 Å². The van der Waals surface area contributed by atoms with Gasteiger partial charge in [-0.1, -0.05) is 25.1 Å². The van der Waals surface area contributed by atoms with E-state index < -0.39 is 23.9 Å². The van der Waals surface area contributed by atoms with Gasteiger partial charge in [-0.15, -0.1) is 0 Å². The standard InChI is InChI=1S/C20H17N3O5/c1-2-17(18(24)22-13-7-5-6-12(10-13)19(25)26)28-20(27)16-11-21-14-8-3-4-9-15(14)23-16/h3-11,17H,2H2,1H3,(H,22,24)(H,25,26). The lowest BCUT2D eigenvalue weighted by molar-refractivity contribution is -0.124. The molecule has 1 heterocycles. The molecule has 1 aromatic heterocycles. The molecule has 0 aliphatic heterocycles. The predicted molar refractivity (Wildman–Crippen MR) is 101 cm³/mol. The molecule has 0 fully saturated rings. The highest BCUT2D eigenvalue weighted by Gasteiger charge is 2.23. The van der Waals surface area contributed by atoms with Gasteiger partial charge in [0.15, 0.2) is 11.8 Å². The van der Waals surface area contributed by atoms with Crippen LogP contribution < -0.4 is 5.32 Å². The van der Waals surface area contributed by atoms with Gasteiger partial charge in [-0.2, -0.15) is 0 Å². The maximum Gasteiger partial charge on any atom is 0.359 e. The average molecular weight is 379 g/mol. The third-order valence-corrected chi connectivity index (χ3v) is 3.95. The molecule has 0 saturated heterocycles. The first-order valence-electron chi connectivity index (χ1n) is 8.55. The molecule has 0 spiro atoms. The molecule has 8 heteroatoms. The number of esters is 1. The van der Waals surface area contributed by atoms with Gasteiger partial charge >= 0.3 is 11.9 Å². The van der Waals surface area contributed by atoms with E-state index in [2.05, 4.69) is 15.3 Å². The minimum absolute atomic E-state index is 0.00201. The van der Waals surface area contributed by atoms with Crippen LogP contribution >= 0.6 is 0 Å². The van der Waals surface area contributed by atoms with E-state index in [1.54, 1.807) is 31.2 Å². The zero-order valence-electron chi connectivity index (χ0n) is 15.0. The molecule has 0 bridgehead atoms. The third-order valence-electron chi connectivity index (χ3n) is 3.95. The van der Waals surface area contributed by atoms with Crippen molar-refractivity contribution in [3.05, 3.63) is 66.0 Å². The summed E-state index contributed by atoms with van der Waals surface area (Å²) < 4.78 is 5.28. The van der Waals surface area contributed by atoms with Gasteiger partial charge in [0.25, 0.3) is 5.91 Å². The number of nitrogens with one attached hydrogen (secondary N) is 1. The SMILES string of the molecule is CCC(OC(=O)c1cnc2ccccc2n1)C(=O)Nc1cccc(C(=O)O)c1. The Hall–Kier alpha value is -3.81. The first-order chi connectivity index (χ1) is 13.5. The first kappa shape index (κ1) is 19.0. The number of hydrogen-bond donors (Lipinski definition) is 2.